The van der Waals surface area contributed by atoms with E-state index in [1.165, 1.54) is 23.0 Å². The van der Waals surface area contributed by atoms with Gasteiger partial charge in [-0.15, -0.1) is 0 Å². The third-order valence-corrected chi connectivity index (χ3v) is 4.51. The standard InChI is InChI=1S/C11H17N5O3S/c1-20(18,19)16-6-4-15(5-7-16)11(17)9-2-3-13-8-10(9)14-12/h2-3,8,14H,4-7,12H2,1H3. The molecule has 0 unspecified atom stereocenters. The number of nitrogen functional groups attached to an aromatic ring is 1. The quantitative estimate of drug-likeness (QED) is 0.552. The molecule has 1 aromatic rings. The summed E-state index contributed by atoms with van der Waals surface area (Å²) in [6.45, 7) is 1.33. The molecule has 0 atom stereocenters. The molecule has 110 valence electrons. The van der Waals surface area contributed by atoms with Crippen molar-refractivity contribution in [3.05, 3.63) is 24.0 Å². The second-order valence-corrected chi connectivity index (χ2v) is 6.50. The lowest BCUT2D eigenvalue weighted by Gasteiger charge is -2.33. The second-order valence-electron chi connectivity index (χ2n) is 4.52. The third kappa shape index (κ3) is 3.06. The number of carbonyl (C=O) groups is 1. The average Bonchev–Trinajstić information content (AvgIpc) is 2.45. The Morgan fingerprint density at radius 3 is 2.55 bits per heavy atom. The molecule has 1 aromatic heterocycles. The second kappa shape index (κ2) is 5.73. The first-order chi connectivity index (χ1) is 9.43. The van der Waals surface area contributed by atoms with Crippen molar-refractivity contribution in [2.24, 2.45) is 5.84 Å². The summed E-state index contributed by atoms with van der Waals surface area (Å²) >= 11 is 0. The number of rotatable bonds is 3. The Morgan fingerprint density at radius 1 is 1.35 bits per heavy atom. The number of carbonyl (C=O) groups excluding carboxylic acids is 1. The van der Waals surface area contributed by atoms with Crippen molar-refractivity contribution in [3.63, 3.8) is 0 Å². The van der Waals surface area contributed by atoms with Gasteiger partial charge in [0.2, 0.25) is 10.0 Å². The summed E-state index contributed by atoms with van der Waals surface area (Å²) in [4.78, 5) is 17.9. The van der Waals surface area contributed by atoms with Gasteiger partial charge in [0.15, 0.2) is 0 Å². The van der Waals surface area contributed by atoms with Gasteiger partial charge in [-0.1, -0.05) is 0 Å². The van der Waals surface area contributed by atoms with Crippen LogP contribution in [0.4, 0.5) is 5.69 Å². The van der Waals surface area contributed by atoms with Gasteiger partial charge in [-0.05, 0) is 6.07 Å². The van der Waals surface area contributed by atoms with E-state index in [1.54, 1.807) is 11.0 Å². The first kappa shape index (κ1) is 14.7. The maximum Gasteiger partial charge on any atom is 0.256 e. The fraction of sp³-hybridized carbons (Fsp3) is 0.455. The van der Waals surface area contributed by atoms with Gasteiger partial charge >= 0.3 is 0 Å². The molecule has 0 aliphatic carbocycles. The maximum absolute atomic E-state index is 12.4. The summed E-state index contributed by atoms with van der Waals surface area (Å²) in [5.41, 5.74) is 3.31. The summed E-state index contributed by atoms with van der Waals surface area (Å²) < 4.78 is 24.2. The Morgan fingerprint density at radius 2 is 2.00 bits per heavy atom. The molecule has 0 saturated carbocycles. The highest BCUT2D eigenvalue weighted by atomic mass is 32.2. The number of sulfonamides is 1. The maximum atomic E-state index is 12.4. The molecular formula is C11H17N5O3S. The van der Waals surface area contributed by atoms with Crippen molar-refractivity contribution in [2.45, 2.75) is 0 Å². The fourth-order valence-electron chi connectivity index (χ4n) is 2.09. The van der Waals surface area contributed by atoms with Crippen molar-refractivity contribution in [1.29, 1.82) is 0 Å². The van der Waals surface area contributed by atoms with E-state index in [4.69, 9.17) is 5.84 Å². The zero-order chi connectivity index (χ0) is 14.8. The van der Waals surface area contributed by atoms with E-state index >= 15 is 0 Å². The highest BCUT2D eigenvalue weighted by Gasteiger charge is 2.27. The van der Waals surface area contributed by atoms with Crippen LogP contribution in [0.5, 0.6) is 0 Å². The number of hydrogen-bond acceptors (Lipinski definition) is 6. The number of hydrogen-bond donors (Lipinski definition) is 2. The number of anilines is 1. The van der Waals surface area contributed by atoms with Crippen LogP contribution in [0.15, 0.2) is 18.5 Å². The number of nitrogens with zero attached hydrogens (tertiary/aromatic N) is 3. The number of nitrogens with one attached hydrogen (secondary N) is 1. The summed E-state index contributed by atoms with van der Waals surface area (Å²) in [5, 5.41) is 0. The smallest absolute Gasteiger partial charge is 0.256 e. The lowest BCUT2D eigenvalue weighted by Crippen LogP contribution is -2.50. The largest absolute Gasteiger partial charge is 0.336 e. The highest BCUT2D eigenvalue weighted by Crippen LogP contribution is 2.16. The van der Waals surface area contributed by atoms with Crippen LogP contribution in [0.1, 0.15) is 10.4 Å². The molecule has 1 fully saturated rings. The summed E-state index contributed by atoms with van der Waals surface area (Å²) in [6.07, 6.45) is 4.16. The number of amides is 1. The molecule has 9 heteroatoms. The Kier molecular flexibility index (Phi) is 4.21. The molecule has 0 radical (unpaired) electrons. The lowest BCUT2D eigenvalue weighted by atomic mass is 10.2. The van der Waals surface area contributed by atoms with Crippen LogP contribution in [0, 0.1) is 0 Å². The number of nitrogens with two attached hydrogens (primary N) is 1. The topological polar surface area (TPSA) is 109 Å². The van der Waals surface area contributed by atoms with Crippen LogP contribution < -0.4 is 11.3 Å². The van der Waals surface area contributed by atoms with Gasteiger partial charge in [0, 0.05) is 32.4 Å². The molecule has 1 amide bonds. The first-order valence-corrected chi connectivity index (χ1v) is 7.93. The van der Waals surface area contributed by atoms with Gasteiger partial charge < -0.3 is 10.3 Å². The zero-order valence-electron chi connectivity index (χ0n) is 11.1. The molecule has 3 N–H and O–H groups in total. The van der Waals surface area contributed by atoms with Crippen molar-refractivity contribution in [2.75, 3.05) is 37.9 Å². The van der Waals surface area contributed by atoms with E-state index in [0.717, 1.165) is 0 Å². The molecule has 20 heavy (non-hydrogen) atoms. The molecule has 0 bridgehead atoms. The van der Waals surface area contributed by atoms with Crippen LogP contribution in [0.3, 0.4) is 0 Å². The van der Waals surface area contributed by atoms with Crippen LogP contribution in [0.25, 0.3) is 0 Å². The zero-order valence-corrected chi connectivity index (χ0v) is 11.9. The van der Waals surface area contributed by atoms with Gasteiger partial charge in [-0.3, -0.25) is 15.6 Å². The Labute approximate surface area is 117 Å². The molecule has 1 saturated heterocycles. The number of aromatic nitrogens is 1. The van der Waals surface area contributed by atoms with Gasteiger partial charge in [0.05, 0.1) is 23.7 Å². The Bertz CT molecular complexity index is 596. The van der Waals surface area contributed by atoms with Gasteiger partial charge in [0.25, 0.3) is 5.91 Å². The predicted molar refractivity (Wildman–Crippen MR) is 74.4 cm³/mol. The van der Waals surface area contributed by atoms with E-state index in [2.05, 4.69) is 10.4 Å². The average molecular weight is 299 g/mol. The predicted octanol–water partition coefficient (Wildman–Crippen LogP) is -0.915. The Hall–Kier alpha value is -1.71. The SMILES string of the molecule is CS(=O)(=O)N1CCN(C(=O)c2ccncc2NN)CC1. The van der Waals surface area contributed by atoms with Crippen molar-refractivity contribution in [3.8, 4) is 0 Å². The molecule has 0 aromatic carbocycles. The van der Waals surface area contributed by atoms with Crippen LogP contribution in [0.2, 0.25) is 0 Å². The molecule has 8 nitrogen and oxygen atoms in total. The Balaban J connectivity index is 2.09. The van der Waals surface area contributed by atoms with E-state index in [1.807, 2.05) is 0 Å². The molecule has 2 rings (SSSR count). The highest BCUT2D eigenvalue weighted by molar-refractivity contribution is 7.88. The fourth-order valence-corrected chi connectivity index (χ4v) is 2.92. The van der Waals surface area contributed by atoms with E-state index in [0.29, 0.717) is 37.4 Å². The number of hydrazine groups is 1. The van der Waals surface area contributed by atoms with Crippen LogP contribution in [-0.2, 0) is 10.0 Å². The molecule has 1 aliphatic rings. The summed E-state index contributed by atoms with van der Waals surface area (Å²) in [7, 11) is -3.20. The van der Waals surface area contributed by atoms with E-state index < -0.39 is 10.0 Å². The normalized spacial score (nSPS) is 17.0. The van der Waals surface area contributed by atoms with E-state index in [-0.39, 0.29) is 5.91 Å². The van der Waals surface area contributed by atoms with Crippen LogP contribution in [-0.4, -0.2) is 60.9 Å². The minimum absolute atomic E-state index is 0.187. The van der Waals surface area contributed by atoms with Gasteiger partial charge in [0.1, 0.15) is 0 Å². The van der Waals surface area contributed by atoms with Crippen molar-refractivity contribution in [1.82, 2.24) is 14.2 Å². The van der Waals surface area contributed by atoms with Gasteiger partial charge in [-0.25, -0.2) is 8.42 Å². The third-order valence-electron chi connectivity index (χ3n) is 3.20. The summed E-state index contributed by atoms with van der Waals surface area (Å²) in [6, 6.07) is 1.58. The van der Waals surface area contributed by atoms with E-state index in [9.17, 15) is 13.2 Å². The molecule has 2 heterocycles. The molecular weight excluding hydrogens is 282 g/mol. The monoisotopic (exact) mass is 299 g/mol. The number of piperazine rings is 1. The minimum Gasteiger partial charge on any atom is -0.336 e. The van der Waals surface area contributed by atoms with Crippen LogP contribution >= 0.6 is 0 Å². The van der Waals surface area contributed by atoms with Crippen molar-refractivity contribution < 1.29 is 13.2 Å². The van der Waals surface area contributed by atoms with Gasteiger partial charge in [-0.2, -0.15) is 4.31 Å². The summed E-state index contributed by atoms with van der Waals surface area (Å²) in [5.74, 6) is 5.16. The number of pyridine rings is 1. The lowest BCUT2D eigenvalue weighted by molar-refractivity contribution is 0.0699. The molecule has 1 aliphatic heterocycles. The molecule has 0 spiro atoms. The van der Waals surface area contributed by atoms with Crippen molar-refractivity contribution >= 4 is 21.6 Å². The minimum atomic E-state index is -3.20. The first-order valence-electron chi connectivity index (χ1n) is 6.08.